The number of nitrogens with one attached hydrogen (secondary N) is 1. The fourth-order valence-electron chi connectivity index (χ4n) is 4.93. The first kappa shape index (κ1) is 33.3. The Morgan fingerprint density at radius 2 is 1.42 bits per heavy atom. The van der Waals surface area contributed by atoms with Gasteiger partial charge in [0, 0.05) is 19.5 Å². The SMILES string of the molecule is CCCNC(=O)C(Cc1ccccc1)N(Cc1ccc(C)cc1)C(=O)CN(c1ccccc1)S(=O)(=O)c1ccc(OCC)cc1. The molecule has 0 fully saturated rings. The lowest BCUT2D eigenvalue weighted by Crippen LogP contribution is -2.53. The summed E-state index contributed by atoms with van der Waals surface area (Å²) in [7, 11) is -4.18. The van der Waals surface area contributed by atoms with E-state index in [1.165, 1.54) is 17.0 Å². The minimum Gasteiger partial charge on any atom is -0.494 e. The minimum atomic E-state index is -4.18. The van der Waals surface area contributed by atoms with Crippen LogP contribution in [0.5, 0.6) is 5.75 Å². The van der Waals surface area contributed by atoms with Gasteiger partial charge < -0.3 is 15.0 Å². The van der Waals surface area contributed by atoms with Gasteiger partial charge >= 0.3 is 0 Å². The Morgan fingerprint density at radius 3 is 2.02 bits per heavy atom. The fourth-order valence-corrected chi connectivity index (χ4v) is 6.35. The van der Waals surface area contributed by atoms with Crippen LogP contribution >= 0.6 is 0 Å². The number of anilines is 1. The Bertz CT molecular complexity index is 1630. The third-order valence-electron chi connectivity index (χ3n) is 7.34. The van der Waals surface area contributed by atoms with Crippen molar-refractivity contribution in [2.45, 2.75) is 51.1 Å². The van der Waals surface area contributed by atoms with E-state index in [9.17, 15) is 18.0 Å². The lowest BCUT2D eigenvalue weighted by atomic mass is 10.0. The molecule has 1 N–H and O–H groups in total. The Kier molecular flexibility index (Phi) is 11.8. The van der Waals surface area contributed by atoms with E-state index in [1.54, 1.807) is 42.5 Å². The molecule has 9 heteroatoms. The van der Waals surface area contributed by atoms with Crippen LogP contribution in [0.4, 0.5) is 5.69 Å². The van der Waals surface area contributed by atoms with Gasteiger partial charge in [-0.25, -0.2) is 8.42 Å². The molecule has 0 aliphatic rings. The normalized spacial score (nSPS) is 11.8. The molecule has 0 radical (unpaired) electrons. The molecule has 0 aliphatic carbocycles. The van der Waals surface area contributed by atoms with Crippen molar-refractivity contribution in [1.82, 2.24) is 10.2 Å². The predicted octanol–water partition coefficient (Wildman–Crippen LogP) is 5.76. The lowest BCUT2D eigenvalue weighted by molar-refractivity contribution is -0.140. The number of carbonyl (C=O) groups is 2. The van der Waals surface area contributed by atoms with E-state index < -0.39 is 28.5 Å². The summed E-state index contributed by atoms with van der Waals surface area (Å²) in [5.41, 5.74) is 3.12. The zero-order valence-electron chi connectivity index (χ0n) is 26.1. The van der Waals surface area contributed by atoms with E-state index in [0.717, 1.165) is 27.4 Å². The van der Waals surface area contributed by atoms with Crippen LogP contribution in [-0.4, -0.2) is 50.9 Å². The number of hydrogen-bond donors (Lipinski definition) is 1. The molecule has 4 aromatic carbocycles. The molecule has 45 heavy (non-hydrogen) atoms. The molecule has 0 heterocycles. The molecule has 0 bridgehead atoms. The molecule has 4 aromatic rings. The van der Waals surface area contributed by atoms with E-state index in [4.69, 9.17) is 4.74 Å². The number of hydrogen-bond acceptors (Lipinski definition) is 5. The highest BCUT2D eigenvalue weighted by Gasteiger charge is 2.34. The van der Waals surface area contributed by atoms with Crippen molar-refractivity contribution < 1.29 is 22.7 Å². The minimum absolute atomic E-state index is 0.0224. The zero-order chi connectivity index (χ0) is 32.2. The van der Waals surface area contributed by atoms with Gasteiger partial charge in [0.05, 0.1) is 17.2 Å². The Labute approximate surface area is 266 Å². The predicted molar refractivity (Wildman–Crippen MR) is 178 cm³/mol. The molecule has 0 spiro atoms. The number of nitrogens with zero attached hydrogens (tertiary/aromatic N) is 2. The van der Waals surface area contributed by atoms with Crippen LogP contribution in [0.1, 0.15) is 37.0 Å². The van der Waals surface area contributed by atoms with Crippen LogP contribution in [0, 0.1) is 6.92 Å². The summed E-state index contributed by atoms with van der Waals surface area (Å²) in [4.78, 5) is 29.7. The van der Waals surface area contributed by atoms with Crippen LogP contribution in [0.25, 0.3) is 0 Å². The Morgan fingerprint density at radius 1 is 0.800 bits per heavy atom. The summed E-state index contributed by atoms with van der Waals surface area (Å²) < 4.78 is 34.9. The highest BCUT2D eigenvalue weighted by molar-refractivity contribution is 7.92. The van der Waals surface area contributed by atoms with E-state index in [1.807, 2.05) is 75.4 Å². The van der Waals surface area contributed by atoms with Gasteiger partial charge in [0.15, 0.2) is 0 Å². The number of sulfonamides is 1. The maximum absolute atomic E-state index is 14.4. The largest absolute Gasteiger partial charge is 0.494 e. The standard InChI is InChI=1S/C36H41N3O5S/c1-4-24-37-36(41)34(25-29-12-8-6-9-13-29)38(26-30-18-16-28(3)17-19-30)35(40)27-39(31-14-10-7-11-15-31)45(42,43)33-22-20-32(21-23-33)44-5-2/h6-23,34H,4-5,24-27H2,1-3H3,(H,37,41). The summed E-state index contributed by atoms with van der Waals surface area (Å²) in [5, 5.41) is 2.96. The van der Waals surface area contributed by atoms with Crippen LogP contribution in [0.15, 0.2) is 114 Å². The molecule has 4 rings (SSSR count). The van der Waals surface area contributed by atoms with Crippen LogP contribution < -0.4 is 14.4 Å². The second-order valence-corrected chi connectivity index (χ2v) is 12.6. The van der Waals surface area contributed by atoms with Gasteiger partial charge in [0.1, 0.15) is 18.3 Å². The number of benzene rings is 4. The van der Waals surface area contributed by atoms with Crippen molar-refractivity contribution in [3.8, 4) is 5.75 Å². The topological polar surface area (TPSA) is 96.0 Å². The van der Waals surface area contributed by atoms with Gasteiger partial charge in [0.2, 0.25) is 11.8 Å². The van der Waals surface area contributed by atoms with Gasteiger partial charge in [-0.15, -0.1) is 0 Å². The van der Waals surface area contributed by atoms with E-state index in [0.29, 0.717) is 24.6 Å². The van der Waals surface area contributed by atoms with E-state index in [-0.39, 0.29) is 23.8 Å². The van der Waals surface area contributed by atoms with Crippen molar-refractivity contribution in [3.05, 3.63) is 126 Å². The van der Waals surface area contributed by atoms with Crippen molar-refractivity contribution in [3.63, 3.8) is 0 Å². The summed E-state index contributed by atoms with van der Waals surface area (Å²) in [5.74, 6) is -0.242. The Hall–Kier alpha value is -4.63. The van der Waals surface area contributed by atoms with Crippen LogP contribution in [-0.2, 0) is 32.6 Å². The number of para-hydroxylation sites is 1. The van der Waals surface area contributed by atoms with Gasteiger partial charge in [0.25, 0.3) is 10.0 Å². The van der Waals surface area contributed by atoms with Gasteiger partial charge in [-0.05, 0) is 67.8 Å². The summed E-state index contributed by atoms with van der Waals surface area (Å²) in [6, 6.07) is 31.1. The molecule has 0 saturated heterocycles. The molecule has 0 aliphatic heterocycles. The van der Waals surface area contributed by atoms with Crippen molar-refractivity contribution >= 4 is 27.5 Å². The highest BCUT2D eigenvalue weighted by atomic mass is 32.2. The van der Waals surface area contributed by atoms with Crippen molar-refractivity contribution in [1.29, 1.82) is 0 Å². The highest BCUT2D eigenvalue weighted by Crippen LogP contribution is 2.26. The van der Waals surface area contributed by atoms with Crippen LogP contribution in [0.3, 0.4) is 0 Å². The second kappa shape index (κ2) is 15.9. The number of aryl methyl sites for hydroxylation is 1. The smallest absolute Gasteiger partial charge is 0.264 e. The van der Waals surface area contributed by atoms with E-state index >= 15 is 0 Å². The average Bonchev–Trinajstić information content (AvgIpc) is 3.06. The molecule has 8 nitrogen and oxygen atoms in total. The molecule has 0 aromatic heterocycles. The molecule has 2 amide bonds. The molecular weight excluding hydrogens is 586 g/mol. The maximum atomic E-state index is 14.4. The van der Waals surface area contributed by atoms with Gasteiger partial charge in [-0.1, -0.05) is 85.3 Å². The summed E-state index contributed by atoms with van der Waals surface area (Å²) in [6.45, 7) is 6.32. The first-order valence-electron chi connectivity index (χ1n) is 15.2. The molecule has 236 valence electrons. The van der Waals surface area contributed by atoms with E-state index in [2.05, 4.69) is 5.32 Å². The van der Waals surface area contributed by atoms with Crippen LogP contribution in [0.2, 0.25) is 0 Å². The first-order valence-corrected chi connectivity index (χ1v) is 16.6. The third kappa shape index (κ3) is 8.95. The summed E-state index contributed by atoms with van der Waals surface area (Å²) in [6.07, 6.45) is 1.00. The van der Waals surface area contributed by atoms with Crippen molar-refractivity contribution in [2.24, 2.45) is 0 Å². The molecule has 0 saturated carbocycles. The fraction of sp³-hybridized carbons (Fsp3) is 0.278. The lowest BCUT2D eigenvalue weighted by Gasteiger charge is -2.34. The monoisotopic (exact) mass is 627 g/mol. The third-order valence-corrected chi connectivity index (χ3v) is 9.13. The van der Waals surface area contributed by atoms with Gasteiger partial charge in [-0.3, -0.25) is 13.9 Å². The Balaban J connectivity index is 1.76. The maximum Gasteiger partial charge on any atom is 0.264 e. The van der Waals surface area contributed by atoms with Crippen molar-refractivity contribution in [2.75, 3.05) is 24.0 Å². The first-order chi connectivity index (χ1) is 21.7. The summed E-state index contributed by atoms with van der Waals surface area (Å²) >= 11 is 0. The molecular formula is C36H41N3O5S. The second-order valence-electron chi connectivity index (χ2n) is 10.8. The quantitative estimate of drug-likeness (QED) is 0.181. The zero-order valence-corrected chi connectivity index (χ0v) is 26.9. The number of ether oxygens (including phenoxy) is 1. The average molecular weight is 628 g/mol. The number of carbonyl (C=O) groups excluding carboxylic acids is 2. The molecule has 1 atom stereocenters. The number of amides is 2. The van der Waals surface area contributed by atoms with Gasteiger partial charge in [-0.2, -0.15) is 0 Å². The molecule has 1 unspecified atom stereocenters. The number of rotatable bonds is 15.